The molecular formula is C14H21N5. The number of nitrogens with one attached hydrogen (secondary N) is 1. The Bertz CT molecular complexity index is 477. The second kappa shape index (κ2) is 3.74. The third-order valence-electron chi connectivity index (χ3n) is 5.34. The molecule has 4 aliphatic carbocycles. The van der Waals surface area contributed by atoms with Crippen LogP contribution < -0.4 is 16.8 Å². The lowest BCUT2D eigenvalue weighted by Gasteiger charge is -2.57. The van der Waals surface area contributed by atoms with Gasteiger partial charge in [-0.1, -0.05) is 0 Å². The van der Waals surface area contributed by atoms with Crippen molar-refractivity contribution in [2.45, 2.75) is 44.1 Å². The SMILES string of the molecule is Nc1ncnc(NC23CC4CC(CC(C4)C2)C3)c1N. The Morgan fingerprint density at radius 2 is 1.58 bits per heavy atom. The van der Waals surface area contributed by atoms with Gasteiger partial charge in [0.2, 0.25) is 0 Å². The minimum atomic E-state index is 0.212. The molecular weight excluding hydrogens is 238 g/mol. The Balaban J connectivity index is 1.64. The standard InChI is InChI=1S/C14H21N5/c15-11-12(16)17-7-18-13(11)19-14-4-8-1-9(5-14)3-10(2-8)6-14/h7-10H,1-6,15H2,(H3,16,17,18,19). The van der Waals surface area contributed by atoms with Crippen LogP contribution in [-0.4, -0.2) is 15.5 Å². The highest BCUT2D eigenvalue weighted by Crippen LogP contribution is 2.56. The smallest absolute Gasteiger partial charge is 0.155 e. The molecule has 4 fully saturated rings. The third-order valence-corrected chi connectivity index (χ3v) is 5.34. The zero-order valence-electron chi connectivity index (χ0n) is 11.1. The summed E-state index contributed by atoms with van der Waals surface area (Å²) in [5, 5.41) is 3.64. The summed E-state index contributed by atoms with van der Waals surface area (Å²) in [4.78, 5) is 8.22. The normalized spacial score (nSPS) is 39.5. The molecule has 5 N–H and O–H groups in total. The van der Waals surface area contributed by atoms with Gasteiger partial charge in [0.15, 0.2) is 11.6 Å². The van der Waals surface area contributed by atoms with Gasteiger partial charge in [-0.25, -0.2) is 9.97 Å². The number of nitrogens with two attached hydrogens (primary N) is 2. The molecule has 0 spiro atoms. The molecule has 0 saturated heterocycles. The first-order chi connectivity index (χ1) is 9.13. The van der Waals surface area contributed by atoms with E-state index in [1.165, 1.54) is 44.9 Å². The molecule has 1 aromatic rings. The zero-order chi connectivity index (χ0) is 13.0. The summed E-state index contributed by atoms with van der Waals surface area (Å²) >= 11 is 0. The highest BCUT2D eigenvalue weighted by Gasteiger charge is 2.51. The summed E-state index contributed by atoms with van der Waals surface area (Å²) in [6.45, 7) is 0. The van der Waals surface area contributed by atoms with Gasteiger partial charge in [0.1, 0.15) is 12.0 Å². The Hall–Kier alpha value is -1.52. The number of nitrogen functional groups attached to an aromatic ring is 2. The second-order valence-electron chi connectivity index (χ2n) is 6.84. The topological polar surface area (TPSA) is 89.8 Å². The van der Waals surface area contributed by atoms with E-state index in [4.69, 9.17) is 11.5 Å². The molecule has 4 aliphatic rings. The van der Waals surface area contributed by atoms with Crippen molar-refractivity contribution in [3.05, 3.63) is 6.33 Å². The molecule has 0 atom stereocenters. The molecule has 4 bridgehead atoms. The lowest BCUT2D eigenvalue weighted by molar-refractivity contribution is 0.0106. The first-order valence-corrected chi connectivity index (χ1v) is 7.28. The molecule has 1 aromatic heterocycles. The number of nitrogens with zero attached hydrogens (tertiary/aromatic N) is 2. The van der Waals surface area contributed by atoms with E-state index in [0.717, 1.165) is 23.6 Å². The average Bonchev–Trinajstić information content (AvgIpc) is 2.33. The van der Waals surface area contributed by atoms with Crippen molar-refractivity contribution >= 4 is 17.3 Å². The molecule has 0 aromatic carbocycles. The van der Waals surface area contributed by atoms with Gasteiger partial charge in [0, 0.05) is 5.54 Å². The third kappa shape index (κ3) is 1.75. The first kappa shape index (κ1) is 11.3. The van der Waals surface area contributed by atoms with Gasteiger partial charge in [0.25, 0.3) is 0 Å². The maximum atomic E-state index is 6.00. The molecule has 0 amide bonds. The van der Waals surface area contributed by atoms with E-state index < -0.39 is 0 Å². The van der Waals surface area contributed by atoms with Crippen LogP contribution in [0.25, 0.3) is 0 Å². The van der Waals surface area contributed by atoms with Crippen LogP contribution in [0.2, 0.25) is 0 Å². The summed E-state index contributed by atoms with van der Waals surface area (Å²) in [6.07, 6.45) is 9.59. The quantitative estimate of drug-likeness (QED) is 0.756. The van der Waals surface area contributed by atoms with Gasteiger partial charge >= 0.3 is 0 Å². The summed E-state index contributed by atoms with van der Waals surface area (Å²) in [6, 6.07) is 0. The Morgan fingerprint density at radius 1 is 1.00 bits per heavy atom. The molecule has 5 heteroatoms. The molecule has 0 unspecified atom stereocenters. The number of anilines is 3. The van der Waals surface area contributed by atoms with Crippen LogP contribution in [0.15, 0.2) is 6.33 Å². The van der Waals surface area contributed by atoms with E-state index in [2.05, 4.69) is 15.3 Å². The minimum absolute atomic E-state index is 0.212. The van der Waals surface area contributed by atoms with Crippen LogP contribution in [-0.2, 0) is 0 Å². The fourth-order valence-electron chi connectivity index (χ4n) is 5.02. The monoisotopic (exact) mass is 259 g/mol. The zero-order valence-corrected chi connectivity index (χ0v) is 11.1. The van der Waals surface area contributed by atoms with Crippen molar-refractivity contribution in [1.82, 2.24) is 9.97 Å². The van der Waals surface area contributed by atoms with Crippen LogP contribution in [0.5, 0.6) is 0 Å². The van der Waals surface area contributed by atoms with E-state index in [1.807, 2.05) is 0 Å². The number of hydrogen-bond donors (Lipinski definition) is 3. The summed E-state index contributed by atoms with van der Waals surface area (Å²) in [5.41, 5.74) is 12.5. The lowest BCUT2D eigenvalue weighted by atomic mass is 9.53. The van der Waals surface area contributed by atoms with Gasteiger partial charge in [0.05, 0.1) is 0 Å². The van der Waals surface area contributed by atoms with Gasteiger partial charge in [-0.05, 0) is 56.3 Å². The molecule has 5 rings (SSSR count). The van der Waals surface area contributed by atoms with Gasteiger partial charge in [-0.3, -0.25) is 0 Å². The maximum absolute atomic E-state index is 6.00. The minimum Gasteiger partial charge on any atom is -0.393 e. The van der Waals surface area contributed by atoms with Crippen LogP contribution in [0.3, 0.4) is 0 Å². The van der Waals surface area contributed by atoms with Gasteiger partial charge in [-0.2, -0.15) is 0 Å². The molecule has 1 heterocycles. The molecule has 0 radical (unpaired) electrons. The molecule has 19 heavy (non-hydrogen) atoms. The van der Waals surface area contributed by atoms with Crippen molar-refractivity contribution in [2.75, 3.05) is 16.8 Å². The molecule has 102 valence electrons. The van der Waals surface area contributed by atoms with Crippen LogP contribution in [0.4, 0.5) is 17.3 Å². The predicted molar refractivity (Wildman–Crippen MR) is 75.4 cm³/mol. The number of rotatable bonds is 2. The van der Waals surface area contributed by atoms with E-state index in [-0.39, 0.29) is 5.54 Å². The first-order valence-electron chi connectivity index (χ1n) is 7.28. The van der Waals surface area contributed by atoms with Crippen molar-refractivity contribution in [2.24, 2.45) is 17.8 Å². The average molecular weight is 259 g/mol. The van der Waals surface area contributed by atoms with Crippen LogP contribution in [0, 0.1) is 17.8 Å². The molecule has 0 aliphatic heterocycles. The van der Waals surface area contributed by atoms with Gasteiger partial charge in [-0.15, -0.1) is 0 Å². The second-order valence-corrected chi connectivity index (χ2v) is 6.84. The fraction of sp³-hybridized carbons (Fsp3) is 0.714. The summed E-state index contributed by atoms with van der Waals surface area (Å²) < 4.78 is 0. The molecule has 5 nitrogen and oxygen atoms in total. The largest absolute Gasteiger partial charge is 0.393 e. The van der Waals surface area contributed by atoms with Crippen LogP contribution >= 0.6 is 0 Å². The fourth-order valence-corrected chi connectivity index (χ4v) is 5.02. The Kier molecular flexibility index (Phi) is 2.23. The van der Waals surface area contributed by atoms with Gasteiger partial charge < -0.3 is 16.8 Å². The Morgan fingerprint density at radius 3 is 2.16 bits per heavy atom. The van der Waals surface area contributed by atoms with Crippen molar-refractivity contribution in [3.8, 4) is 0 Å². The van der Waals surface area contributed by atoms with E-state index in [1.54, 1.807) is 0 Å². The van der Waals surface area contributed by atoms with Crippen molar-refractivity contribution in [3.63, 3.8) is 0 Å². The maximum Gasteiger partial charge on any atom is 0.155 e. The number of aromatic nitrogens is 2. The van der Waals surface area contributed by atoms with E-state index in [0.29, 0.717) is 11.5 Å². The molecule has 4 saturated carbocycles. The van der Waals surface area contributed by atoms with E-state index >= 15 is 0 Å². The van der Waals surface area contributed by atoms with E-state index in [9.17, 15) is 0 Å². The lowest BCUT2D eigenvalue weighted by Crippen LogP contribution is -2.55. The Labute approximate surface area is 113 Å². The highest BCUT2D eigenvalue weighted by atomic mass is 15.1. The van der Waals surface area contributed by atoms with Crippen molar-refractivity contribution < 1.29 is 0 Å². The van der Waals surface area contributed by atoms with Crippen molar-refractivity contribution in [1.29, 1.82) is 0 Å². The highest BCUT2D eigenvalue weighted by molar-refractivity contribution is 5.72. The number of hydrogen-bond acceptors (Lipinski definition) is 5. The summed E-state index contributed by atoms with van der Waals surface area (Å²) in [7, 11) is 0. The summed E-state index contributed by atoms with van der Waals surface area (Å²) in [5.74, 6) is 3.81. The van der Waals surface area contributed by atoms with Crippen LogP contribution in [0.1, 0.15) is 38.5 Å². The predicted octanol–water partition coefficient (Wildman–Crippen LogP) is 2.02.